The number of aliphatic hydroxyl groups is 1. The van der Waals surface area contributed by atoms with Crippen molar-refractivity contribution in [3.63, 3.8) is 0 Å². The van der Waals surface area contributed by atoms with Crippen molar-refractivity contribution in [2.24, 2.45) is 11.8 Å². The van der Waals surface area contributed by atoms with Crippen molar-refractivity contribution in [1.29, 1.82) is 0 Å². The molecular weight excluding hydrogens is 132 g/mol. The average molecular weight is 144 g/mol. The lowest BCUT2D eigenvalue weighted by Gasteiger charge is -1.97. The van der Waals surface area contributed by atoms with Gasteiger partial charge >= 0.3 is 5.97 Å². The van der Waals surface area contributed by atoms with Crippen molar-refractivity contribution >= 4 is 5.97 Å². The second kappa shape index (κ2) is 3.01. The molecule has 0 bridgehead atoms. The molecule has 3 nitrogen and oxygen atoms in total. The summed E-state index contributed by atoms with van der Waals surface area (Å²) in [5, 5.41) is 8.59. The predicted molar refractivity (Wildman–Crippen MR) is 35.3 cm³/mol. The lowest BCUT2D eigenvalue weighted by Crippen LogP contribution is -2.08. The van der Waals surface area contributed by atoms with Gasteiger partial charge in [-0.25, -0.2) is 0 Å². The Morgan fingerprint density at radius 3 is 2.90 bits per heavy atom. The number of hydrogen-bond acceptors (Lipinski definition) is 3. The lowest BCUT2D eigenvalue weighted by atomic mass is 10.3. The topological polar surface area (TPSA) is 46.5 Å². The van der Waals surface area contributed by atoms with Crippen LogP contribution >= 0.6 is 0 Å². The standard InChI is InChI=1S/C7H12O3/c1-2-10-7(9)6-3-5(6)4-8/h5-6,8H,2-4H2,1H3/t5-,6-/m1/s1. The zero-order valence-electron chi connectivity index (χ0n) is 6.04. The fraction of sp³-hybridized carbons (Fsp3) is 0.857. The van der Waals surface area contributed by atoms with Crippen molar-refractivity contribution in [3.8, 4) is 0 Å². The van der Waals surface area contributed by atoms with Crippen LogP contribution in [0.25, 0.3) is 0 Å². The molecule has 1 aliphatic carbocycles. The Morgan fingerprint density at radius 1 is 1.80 bits per heavy atom. The summed E-state index contributed by atoms with van der Waals surface area (Å²) in [4.78, 5) is 10.8. The molecule has 0 aromatic rings. The molecule has 0 amide bonds. The third-order valence-electron chi connectivity index (χ3n) is 1.75. The predicted octanol–water partition coefficient (Wildman–Crippen LogP) is 0.178. The smallest absolute Gasteiger partial charge is 0.309 e. The summed E-state index contributed by atoms with van der Waals surface area (Å²) in [6.07, 6.45) is 0.801. The summed E-state index contributed by atoms with van der Waals surface area (Å²) >= 11 is 0. The largest absolute Gasteiger partial charge is 0.466 e. The quantitative estimate of drug-likeness (QED) is 0.575. The molecule has 58 valence electrons. The van der Waals surface area contributed by atoms with Crippen LogP contribution in [0.5, 0.6) is 0 Å². The van der Waals surface area contributed by atoms with E-state index in [0.29, 0.717) is 6.61 Å². The number of ether oxygens (including phenoxy) is 1. The van der Waals surface area contributed by atoms with E-state index < -0.39 is 0 Å². The average Bonchev–Trinajstić information content (AvgIpc) is 2.66. The SMILES string of the molecule is CCOC(=O)[C@@H]1C[C@@H]1CO. The number of rotatable bonds is 3. The Hall–Kier alpha value is -0.570. The molecule has 1 N–H and O–H groups in total. The van der Waals surface area contributed by atoms with Crippen molar-refractivity contribution in [1.82, 2.24) is 0 Å². The molecule has 0 unspecified atom stereocenters. The minimum absolute atomic E-state index is 0.00931. The van der Waals surface area contributed by atoms with Gasteiger partial charge in [0.25, 0.3) is 0 Å². The first kappa shape index (κ1) is 7.54. The van der Waals surface area contributed by atoms with Crippen LogP contribution in [0.3, 0.4) is 0 Å². The van der Waals surface area contributed by atoms with Crippen LogP contribution in [0.15, 0.2) is 0 Å². The molecule has 0 saturated heterocycles. The van der Waals surface area contributed by atoms with Gasteiger partial charge in [-0.15, -0.1) is 0 Å². The van der Waals surface area contributed by atoms with Crippen LogP contribution in [0, 0.1) is 11.8 Å². The van der Waals surface area contributed by atoms with Gasteiger partial charge in [-0.05, 0) is 19.3 Å². The first-order chi connectivity index (χ1) is 4.79. The highest BCUT2D eigenvalue weighted by Gasteiger charge is 2.43. The maximum atomic E-state index is 10.8. The Labute approximate surface area is 60.0 Å². The molecule has 0 heterocycles. The number of esters is 1. The molecule has 0 aliphatic heterocycles. The molecule has 10 heavy (non-hydrogen) atoms. The summed E-state index contributed by atoms with van der Waals surface area (Å²) in [5.74, 6) is 0.0190. The Kier molecular flexibility index (Phi) is 2.27. The molecule has 1 saturated carbocycles. The summed E-state index contributed by atoms with van der Waals surface area (Å²) in [5.41, 5.74) is 0. The van der Waals surface area contributed by atoms with E-state index >= 15 is 0 Å². The highest BCUT2D eigenvalue weighted by molar-refractivity contribution is 5.75. The molecule has 0 aromatic carbocycles. The minimum atomic E-state index is -0.151. The molecule has 2 atom stereocenters. The van der Waals surface area contributed by atoms with Gasteiger partial charge in [0.15, 0.2) is 0 Å². The summed E-state index contributed by atoms with van der Waals surface area (Å²) in [6.45, 7) is 2.34. The Morgan fingerprint density at radius 2 is 2.50 bits per heavy atom. The van der Waals surface area contributed by atoms with Crippen LogP contribution in [0.4, 0.5) is 0 Å². The molecule has 1 rings (SSSR count). The van der Waals surface area contributed by atoms with Crippen LogP contribution in [0.2, 0.25) is 0 Å². The van der Waals surface area contributed by atoms with Gasteiger partial charge in [-0.1, -0.05) is 0 Å². The van der Waals surface area contributed by atoms with E-state index in [0.717, 1.165) is 6.42 Å². The zero-order chi connectivity index (χ0) is 7.56. The van der Waals surface area contributed by atoms with Crippen LogP contribution in [-0.2, 0) is 9.53 Å². The first-order valence-corrected chi connectivity index (χ1v) is 3.57. The molecule has 1 fully saturated rings. The number of carbonyl (C=O) groups excluding carboxylic acids is 1. The van der Waals surface area contributed by atoms with E-state index in [2.05, 4.69) is 0 Å². The number of aliphatic hydroxyl groups excluding tert-OH is 1. The van der Waals surface area contributed by atoms with E-state index in [4.69, 9.17) is 9.84 Å². The van der Waals surface area contributed by atoms with E-state index in [9.17, 15) is 4.79 Å². The van der Waals surface area contributed by atoms with Crippen molar-refractivity contribution < 1.29 is 14.6 Å². The summed E-state index contributed by atoms with van der Waals surface area (Å²) in [6, 6.07) is 0. The third-order valence-corrected chi connectivity index (χ3v) is 1.75. The van der Waals surface area contributed by atoms with Crippen molar-refractivity contribution in [2.75, 3.05) is 13.2 Å². The number of hydrogen-bond donors (Lipinski definition) is 1. The van der Waals surface area contributed by atoms with E-state index in [1.807, 2.05) is 0 Å². The maximum absolute atomic E-state index is 10.8. The van der Waals surface area contributed by atoms with Crippen LogP contribution < -0.4 is 0 Å². The Bertz CT molecular complexity index is 133. The minimum Gasteiger partial charge on any atom is -0.466 e. The van der Waals surface area contributed by atoms with Gasteiger partial charge in [0.2, 0.25) is 0 Å². The van der Waals surface area contributed by atoms with E-state index in [1.165, 1.54) is 0 Å². The van der Waals surface area contributed by atoms with Gasteiger partial charge in [-0.2, -0.15) is 0 Å². The van der Waals surface area contributed by atoms with E-state index in [-0.39, 0.29) is 24.4 Å². The molecule has 0 spiro atoms. The highest BCUT2D eigenvalue weighted by Crippen LogP contribution is 2.38. The monoisotopic (exact) mass is 144 g/mol. The second-order valence-electron chi connectivity index (χ2n) is 2.54. The zero-order valence-corrected chi connectivity index (χ0v) is 6.04. The Balaban J connectivity index is 2.19. The van der Waals surface area contributed by atoms with Crippen molar-refractivity contribution in [2.45, 2.75) is 13.3 Å². The van der Waals surface area contributed by atoms with Crippen molar-refractivity contribution in [3.05, 3.63) is 0 Å². The molecule has 1 aliphatic rings. The van der Waals surface area contributed by atoms with Gasteiger partial charge < -0.3 is 9.84 Å². The molecule has 0 radical (unpaired) electrons. The lowest BCUT2D eigenvalue weighted by molar-refractivity contribution is -0.145. The van der Waals surface area contributed by atoms with Gasteiger partial charge in [0.05, 0.1) is 12.5 Å². The highest BCUT2D eigenvalue weighted by atomic mass is 16.5. The van der Waals surface area contributed by atoms with Crippen LogP contribution in [-0.4, -0.2) is 24.3 Å². The molecular formula is C7H12O3. The van der Waals surface area contributed by atoms with Crippen LogP contribution in [0.1, 0.15) is 13.3 Å². The molecule has 0 aromatic heterocycles. The van der Waals surface area contributed by atoms with Gasteiger partial charge in [0, 0.05) is 6.61 Å². The van der Waals surface area contributed by atoms with E-state index in [1.54, 1.807) is 6.92 Å². The normalized spacial score (nSPS) is 29.8. The second-order valence-corrected chi connectivity index (χ2v) is 2.54. The summed E-state index contributed by atoms with van der Waals surface area (Å²) in [7, 11) is 0. The van der Waals surface area contributed by atoms with Gasteiger partial charge in [-0.3, -0.25) is 4.79 Å². The third kappa shape index (κ3) is 1.48. The van der Waals surface area contributed by atoms with Gasteiger partial charge in [0.1, 0.15) is 0 Å². The molecule has 3 heteroatoms. The maximum Gasteiger partial charge on any atom is 0.309 e. The first-order valence-electron chi connectivity index (χ1n) is 3.57. The number of carbonyl (C=O) groups is 1. The fourth-order valence-electron chi connectivity index (χ4n) is 0.987. The summed E-state index contributed by atoms with van der Waals surface area (Å²) < 4.78 is 4.75. The fourth-order valence-corrected chi connectivity index (χ4v) is 0.987.